The first-order chi connectivity index (χ1) is 16.9. The number of methoxy groups -OCH3 is 1. The second kappa shape index (κ2) is 12.5. The molecule has 0 spiro atoms. The molecule has 0 unspecified atom stereocenters. The zero-order valence-electron chi connectivity index (χ0n) is 19.4. The van der Waals surface area contributed by atoms with Gasteiger partial charge < -0.3 is 30.0 Å². The average Bonchev–Trinajstić information content (AvgIpc) is 2.86. The van der Waals surface area contributed by atoms with Gasteiger partial charge in [-0.3, -0.25) is 9.59 Å². The fraction of sp³-hybridized carbons (Fsp3) is 0.240. The van der Waals surface area contributed by atoms with Gasteiger partial charge in [0.05, 0.1) is 18.7 Å². The second-order valence-corrected chi connectivity index (χ2v) is 7.72. The third-order valence-electron chi connectivity index (χ3n) is 4.65. The van der Waals surface area contributed by atoms with E-state index in [1.165, 1.54) is 19.2 Å². The maximum atomic E-state index is 12.8. The van der Waals surface area contributed by atoms with Crippen molar-refractivity contribution in [2.45, 2.75) is 19.9 Å². The topological polar surface area (TPSA) is 122 Å². The predicted octanol–water partition coefficient (Wildman–Crippen LogP) is 4.12. The first-order valence-corrected chi connectivity index (χ1v) is 11.2. The molecule has 1 aromatic heterocycles. The molecule has 184 valence electrons. The minimum Gasteiger partial charge on any atom is -0.494 e. The van der Waals surface area contributed by atoms with Crippen molar-refractivity contribution in [3.8, 4) is 28.9 Å². The van der Waals surface area contributed by atoms with Crippen LogP contribution in [-0.4, -0.2) is 37.1 Å². The molecule has 0 bridgehead atoms. The number of carbonyl (C=O) groups excluding carboxylic acids is 2. The normalized spacial score (nSPS) is 10.4. The van der Waals surface area contributed by atoms with Gasteiger partial charge in [-0.15, -0.1) is 0 Å². The SMILES string of the molecule is CCCOc1ccc(Oc2ncccc2CNC(=O)c2cc(Cl)c(OCC(N)=O)c(OC)c2)cc1. The Balaban J connectivity index is 1.68. The van der Waals surface area contributed by atoms with Gasteiger partial charge in [0.25, 0.3) is 11.8 Å². The van der Waals surface area contributed by atoms with Crippen molar-refractivity contribution in [2.75, 3.05) is 20.3 Å². The van der Waals surface area contributed by atoms with Gasteiger partial charge in [0.2, 0.25) is 5.88 Å². The highest BCUT2D eigenvalue weighted by Crippen LogP contribution is 2.36. The molecule has 2 aromatic carbocycles. The van der Waals surface area contributed by atoms with Gasteiger partial charge in [-0.2, -0.15) is 0 Å². The Morgan fingerprint density at radius 3 is 2.51 bits per heavy atom. The molecule has 0 radical (unpaired) electrons. The summed E-state index contributed by atoms with van der Waals surface area (Å²) in [6.45, 7) is 2.46. The molecule has 2 amide bonds. The number of amides is 2. The van der Waals surface area contributed by atoms with E-state index in [0.717, 1.165) is 12.2 Å². The minimum absolute atomic E-state index is 0.104. The van der Waals surface area contributed by atoms with E-state index in [1.54, 1.807) is 30.5 Å². The largest absolute Gasteiger partial charge is 0.494 e. The highest BCUT2D eigenvalue weighted by molar-refractivity contribution is 6.32. The lowest BCUT2D eigenvalue weighted by atomic mass is 10.1. The van der Waals surface area contributed by atoms with Crippen molar-refractivity contribution in [1.29, 1.82) is 0 Å². The van der Waals surface area contributed by atoms with Crippen LogP contribution >= 0.6 is 11.6 Å². The van der Waals surface area contributed by atoms with Crippen LogP contribution in [0.2, 0.25) is 5.02 Å². The van der Waals surface area contributed by atoms with E-state index < -0.39 is 11.8 Å². The third kappa shape index (κ3) is 7.25. The van der Waals surface area contributed by atoms with E-state index in [1.807, 2.05) is 19.1 Å². The first-order valence-electron chi connectivity index (χ1n) is 10.8. The number of benzene rings is 2. The Kier molecular flexibility index (Phi) is 9.14. The van der Waals surface area contributed by atoms with E-state index in [0.29, 0.717) is 23.8 Å². The second-order valence-electron chi connectivity index (χ2n) is 7.32. The number of carbonyl (C=O) groups is 2. The van der Waals surface area contributed by atoms with Gasteiger partial charge in [0.15, 0.2) is 18.1 Å². The smallest absolute Gasteiger partial charge is 0.255 e. The minimum atomic E-state index is -0.666. The van der Waals surface area contributed by atoms with Crippen LogP contribution in [0.5, 0.6) is 28.9 Å². The molecular weight excluding hydrogens is 474 g/mol. The monoisotopic (exact) mass is 499 g/mol. The molecule has 0 fully saturated rings. The van der Waals surface area contributed by atoms with Crippen molar-refractivity contribution in [2.24, 2.45) is 5.73 Å². The quantitative estimate of drug-likeness (QED) is 0.384. The number of nitrogens with one attached hydrogen (secondary N) is 1. The van der Waals surface area contributed by atoms with Crippen molar-refractivity contribution in [3.63, 3.8) is 0 Å². The summed E-state index contributed by atoms with van der Waals surface area (Å²) in [7, 11) is 1.40. The van der Waals surface area contributed by atoms with E-state index >= 15 is 0 Å². The van der Waals surface area contributed by atoms with Crippen molar-refractivity contribution >= 4 is 23.4 Å². The number of aromatic nitrogens is 1. The lowest BCUT2D eigenvalue weighted by Gasteiger charge is -2.14. The van der Waals surface area contributed by atoms with Crippen molar-refractivity contribution in [1.82, 2.24) is 10.3 Å². The van der Waals surface area contributed by atoms with Crippen molar-refractivity contribution in [3.05, 3.63) is 70.9 Å². The zero-order chi connectivity index (χ0) is 25.2. The maximum Gasteiger partial charge on any atom is 0.255 e. The lowest BCUT2D eigenvalue weighted by Crippen LogP contribution is -2.23. The van der Waals surface area contributed by atoms with Crippen LogP contribution in [0, 0.1) is 0 Å². The van der Waals surface area contributed by atoms with Crippen LogP contribution in [0.1, 0.15) is 29.3 Å². The molecular formula is C25H26ClN3O6. The summed E-state index contributed by atoms with van der Waals surface area (Å²) in [5, 5.41) is 2.92. The standard InChI is InChI=1S/C25H26ClN3O6/c1-3-11-33-18-6-8-19(9-7-18)35-25-16(5-4-10-28-25)14-29-24(31)17-12-20(26)23(21(13-17)32-2)34-15-22(27)30/h4-10,12-13H,3,11,14-15H2,1-2H3,(H2,27,30)(H,29,31). The number of nitrogens with two attached hydrogens (primary N) is 1. The number of hydrogen-bond acceptors (Lipinski definition) is 7. The molecule has 0 saturated carbocycles. The molecule has 3 rings (SSSR count). The molecule has 10 heteroatoms. The van der Waals surface area contributed by atoms with Gasteiger partial charge in [0.1, 0.15) is 11.5 Å². The van der Waals surface area contributed by atoms with Crippen LogP contribution in [0.25, 0.3) is 0 Å². The Morgan fingerprint density at radius 1 is 1.09 bits per heavy atom. The number of primary amides is 1. The molecule has 0 aliphatic rings. The average molecular weight is 500 g/mol. The van der Waals surface area contributed by atoms with Crippen molar-refractivity contribution < 1.29 is 28.5 Å². The molecule has 1 heterocycles. The summed E-state index contributed by atoms with van der Waals surface area (Å²) in [6.07, 6.45) is 2.53. The fourth-order valence-corrected chi connectivity index (χ4v) is 3.26. The number of hydrogen-bond donors (Lipinski definition) is 2. The number of pyridine rings is 1. The number of ether oxygens (including phenoxy) is 4. The number of rotatable bonds is 12. The van der Waals surface area contributed by atoms with Gasteiger partial charge in [-0.25, -0.2) is 4.98 Å². The molecule has 3 N–H and O–H groups in total. The van der Waals surface area contributed by atoms with E-state index in [9.17, 15) is 9.59 Å². The third-order valence-corrected chi connectivity index (χ3v) is 4.93. The van der Waals surface area contributed by atoms with Crippen LogP contribution in [0.3, 0.4) is 0 Å². The Bertz CT molecular complexity index is 1170. The van der Waals surface area contributed by atoms with Crippen LogP contribution < -0.4 is 30.0 Å². The van der Waals surface area contributed by atoms with Gasteiger partial charge in [0, 0.05) is 23.9 Å². The van der Waals surface area contributed by atoms with E-state index in [4.69, 9.17) is 36.3 Å². The number of halogens is 1. The molecule has 9 nitrogen and oxygen atoms in total. The van der Waals surface area contributed by atoms with Crippen LogP contribution in [0.15, 0.2) is 54.7 Å². The fourth-order valence-electron chi connectivity index (χ4n) is 3.00. The van der Waals surface area contributed by atoms with Gasteiger partial charge in [-0.1, -0.05) is 24.6 Å². The highest BCUT2D eigenvalue weighted by Gasteiger charge is 2.17. The molecule has 3 aromatic rings. The van der Waals surface area contributed by atoms with E-state index in [2.05, 4.69) is 10.3 Å². The van der Waals surface area contributed by atoms with Crippen LogP contribution in [0.4, 0.5) is 0 Å². The maximum absolute atomic E-state index is 12.8. The predicted molar refractivity (Wildman–Crippen MR) is 130 cm³/mol. The van der Waals surface area contributed by atoms with Gasteiger partial charge in [-0.05, 0) is 48.9 Å². The Labute approximate surface area is 208 Å². The summed E-state index contributed by atoms with van der Waals surface area (Å²) in [5.74, 6) is 0.954. The van der Waals surface area contributed by atoms with Crippen LogP contribution in [-0.2, 0) is 11.3 Å². The summed E-state index contributed by atoms with van der Waals surface area (Å²) >= 11 is 6.24. The first kappa shape index (κ1) is 25.6. The highest BCUT2D eigenvalue weighted by atomic mass is 35.5. The lowest BCUT2D eigenvalue weighted by molar-refractivity contribution is -0.119. The van der Waals surface area contributed by atoms with E-state index in [-0.39, 0.29) is 35.2 Å². The molecule has 0 atom stereocenters. The summed E-state index contributed by atoms with van der Waals surface area (Å²) < 4.78 is 22.0. The Hall–Kier alpha value is -3.98. The zero-order valence-corrected chi connectivity index (χ0v) is 20.1. The summed E-state index contributed by atoms with van der Waals surface area (Å²) in [5.41, 5.74) is 6.02. The molecule has 0 aliphatic carbocycles. The Morgan fingerprint density at radius 2 is 1.83 bits per heavy atom. The molecule has 35 heavy (non-hydrogen) atoms. The van der Waals surface area contributed by atoms with Gasteiger partial charge >= 0.3 is 0 Å². The molecule has 0 saturated heterocycles. The summed E-state index contributed by atoms with van der Waals surface area (Å²) in [4.78, 5) is 28.1. The molecule has 0 aliphatic heterocycles. The summed E-state index contributed by atoms with van der Waals surface area (Å²) in [6, 6.07) is 13.7. The number of nitrogens with zero attached hydrogens (tertiary/aromatic N) is 1.